The fraction of sp³-hybridized carbons (Fsp3) is 0.643. The Bertz CT molecular complexity index is 372. The molecule has 1 saturated heterocycles. The first-order valence-electron chi connectivity index (χ1n) is 6.64. The van der Waals surface area contributed by atoms with Crippen LogP contribution in [0.4, 0.5) is 0 Å². The van der Waals surface area contributed by atoms with Crippen LogP contribution in [0.3, 0.4) is 0 Å². The van der Waals surface area contributed by atoms with Gasteiger partial charge in [0.25, 0.3) is 0 Å². The van der Waals surface area contributed by atoms with E-state index in [2.05, 4.69) is 0 Å². The van der Waals surface area contributed by atoms with Crippen molar-refractivity contribution in [2.45, 2.75) is 52.1 Å². The summed E-state index contributed by atoms with van der Waals surface area (Å²) in [4.78, 5) is 10.6. The Morgan fingerprint density at radius 3 is 2.21 bits per heavy atom. The van der Waals surface area contributed by atoms with Crippen LogP contribution in [-0.2, 0) is 14.1 Å². The first-order chi connectivity index (χ1) is 8.64. The minimum absolute atomic E-state index is 0.162. The molecular weight excluding hydrogens is 241 g/mol. The van der Waals surface area contributed by atoms with Gasteiger partial charge in [0.2, 0.25) is 5.91 Å². The van der Waals surface area contributed by atoms with Gasteiger partial charge in [0.15, 0.2) is 0 Å². The molecule has 2 N–H and O–H groups in total. The maximum absolute atomic E-state index is 10.6. The van der Waals surface area contributed by atoms with Crippen molar-refractivity contribution in [1.29, 1.82) is 0 Å². The van der Waals surface area contributed by atoms with E-state index in [1.807, 2.05) is 46.8 Å². The fourth-order valence-corrected chi connectivity index (χ4v) is 1.78. The van der Waals surface area contributed by atoms with E-state index >= 15 is 0 Å². The molecule has 1 unspecified atom stereocenters. The quantitative estimate of drug-likeness (QED) is 0.471. The van der Waals surface area contributed by atoms with Gasteiger partial charge in [-0.2, -0.15) is 0 Å². The van der Waals surface area contributed by atoms with E-state index in [-0.39, 0.29) is 24.2 Å². The Labute approximate surface area is 116 Å². The van der Waals surface area contributed by atoms with E-state index in [4.69, 9.17) is 15.0 Å². The van der Waals surface area contributed by atoms with Crippen molar-refractivity contribution >= 4 is 13.0 Å². The van der Waals surface area contributed by atoms with Crippen molar-refractivity contribution in [2.75, 3.05) is 0 Å². The molecule has 0 spiro atoms. The van der Waals surface area contributed by atoms with Gasteiger partial charge in [-0.05, 0) is 39.7 Å². The van der Waals surface area contributed by atoms with E-state index in [0.29, 0.717) is 6.32 Å². The maximum atomic E-state index is 10.6. The Morgan fingerprint density at radius 1 is 1.21 bits per heavy atom. The lowest BCUT2D eigenvalue weighted by Crippen LogP contribution is -2.41. The molecule has 1 atom stereocenters. The lowest BCUT2D eigenvalue weighted by atomic mass is 9.84. The molecule has 1 aliphatic rings. The van der Waals surface area contributed by atoms with Gasteiger partial charge in [-0.15, -0.1) is 0 Å². The molecule has 5 heteroatoms. The van der Waals surface area contributed by atoms with Crippen molar-refractivity contribution in [1.82, 2.24) is 0 Å². The summed E-state index contributed by atoms with van der Waals surface area (Å²) in [5, 5.41) is 0. The number of primary amides is 1. The smallest absolute Gasteiger partial charge is 0.403 e. The first-order valence-corrected chi connectivity index (χ1v) is 6.64. The lowest BCUT2D eigenvalue weighted by molar-refractivity contribution is -0.113. The standard InChI is InChI=1S/C14H24BNO3/c1-11(8-9-12(16)17)7-6-10-15-18-13(2,3)14(4,5)19-15/h6-9,11H,10H2,1-5H3,(H2,16,17)/b7-6-,9-8+. The number of carbonyl (C=O) groups excluding carboxylic acids is 1. The Balaban J connectivity index is 2.45. The van der Waals surface area contributed by atoms with Crippen LogP contribution in [-0.4, -0.2) is 24.2 Å². The highest BCUT2D eigenvalue weighted by Crippen LogP contribution is 2.37. The van der Waals surface area contributed by atoms with Gasteiger partial charge in [0, 0.05) is 6.32 Å². The predicted molar refractivity (Wildman–Crippen MR) is 77.5 cm³/mol. The molecule has 0 bridgehead atoms. The molecular formula is C14H24BNO3. The van der Waals surface area contributed by atoms with E-state index in [0.717, 1.165) is 0 Å². The highest BCUT2D eigenvalue weighted by atomic mass is 16.7. The Kier molecular flexibility index (Phi) is 4.99. The van der Waals surface area contributed by atoms with Crippen molar-refractivity contribution in [3.05, 3.63) is 24.3 Å². The molecule has 106 valence electrons. The molecule has 0 aliphatic carbocycles. The monoisotopic (exact) mass is 265 g/mol. The van der Waals surface area contributed by atoms with Crippen LogP contribution >= 0.6 is 0 Å². The molecule has 1 heterocycles. The zero-order valence-corrected chi connectivity index (χ0v) is 12.5. The van der Waals surface area contributed by atoms with Crippen LogP contribution in [0.15, 0.2) is 24.3 Å². The number of hydrogen-bond acceptors (Lipinski definition) is 3. The summed E-state index contributed by atoms with van der Waals surface area (Å²) >= 11 is 0. The summed E-state index contributed by atoms with van der Waals surface area (Å²) in [7, 11) is -0.214. The van der Waals surface area contributed by atoms with Crippen molar-refractivity contribution in [2.24, 2.45) is 11.7 Å². The predicted octanol–water partition coefficient (Wildman–Crippen LogP) is 2.31. The molecule has 1 amide bonds. The van der Waals surface area contributed by atoms with Gasteiger partial charge in [0.1, 0.15) is 0 Å². The largest absolute Gasteiger partial charge is 0.461 e. The molecule has 1 rings (SSSR count). The number of amides is 1. The third-order valence-electron chi connectivity index (χ3n) is 3.63. The highest BCUT2D eigenvalue weighted by molar-refractivity contribution is 6.46. The minimum Gasteiger partial charge on any atom is -0.403 e. The summed E-state index contributed by atoms with van der Waals surface area (Å²) in [5.41, 5.74) is 4.46. The Hall–Kier alpha value is -1.07. The van der Waals surface area contributed by atoms with Crippen molar-refractivity contribution in [3.63, 3.8) is 0 Å². The molecule has 0 aromatic carbocycles. The number of allylic oxidation sites excluding steroid dienone is 3. The molecule has 0 radical (unpaired) electrons. The molecule has 1 fully saturated rings. The number of hydrogen-bond donors (Lipinski definition) is 1. The number of rotatable bonds is 5. The average Bonchev–Trinajstić information content (AvgIpc) is 2.44. The van der Waals surface area contributed by atoms with Gasteiger partial charge in [0.05, 0.1) is 11.2 Å². The van der Waals surface area contributed by atoms with E-state index < -0.39 is 5.91 Å². The Morgan fingerprint density at radius 2 is 1.74 bits per heavy atom. The second kappa shape index (κ2) is 5.93. The molecule has 4 nitrogen and oxygen atoms in total. The van der Waals surface area contributed by atoms with Crippen LogP contribution in [0.1, 0.15) is 34.6 Å². The highest BCUT2D eigenvalue weighted by Gasteiger charge is 2.50. The van der Waals surface area contributed by atoms with E-state index in [1.54, 1.807) is 6.08 Å². The van der Waals surface area contributed by atoms with Crippen LogP contribution in [0.25, 0.3) is 0 Å². The summed E-state index contributed by atoms with van der Waals surface area (Å²) in [5.74, 6) is -0.263. The van der Waals surface area contributed by atoms with Crippen molar-refractivity contribution < 1.29 is 14.1 Å². The molecule has 1 aliphatic heterocycles. The first kappa shape index (κ1) is 16.0. The second-order valence-electron chi connectivity index (χ2n) is 5.97. The van der Waals surface area contributed by atoms with Gasteiger partial charge in [-0.1, -0.05) is 25.2 Å². The summed E-state index contributed by atoms with van der Waals surface area (Å²) in [6.07, 6.45) is 7.86. The molecule has 0 aromatic heterocycles. The van der Waals surface area contributed by atoms with Crippen LogP contribution < -0.4 is 5.73 Å². The minimum atomic E-state index is -0.425. The number of carbonyl (C=O) groups is 1. The van der Waals surface area contributed by atoms with Crippen LogP contribution in [0.2, 0.25) is 6.32 Å². The normalized spacial score (nSPS) is 23.3. The number of nitrogens with two attached hydrogens (primary N) is 1. The van der Waals surface area contributed by atoms with E-state index in [1.165, 1.54) is 6.08 Å². The average molecular weight is 265 g/mol. The van der Waals surface area contributed by atoms with Crippen LogP contribution in [0.5, 0.6) is 0 Å². The summed E-state index contributed by atoms with van der Waals surface area (Å²) < 4.78 is 11.8. The van der Waals surface area contributed by atoms with E-state index in [9.17, 15) is 4.79 Å². The van der Waals surface area contributed by atoms with Crippen molar-refractivity contribution in [3.8, 4) is 0 Å². The van der Waals surface area contributed by atoms with Crippen LogP contribution in [0, 0.1) is 5.92 Å². The lowest BCUT2D eigenvalue weighted by Gasteiger charge is -2.32. The zero-order chi connectivity index (χ0) is 14.7. The van der Waals surface area contributed by atoms with Gasteiger partial charge in [-0.25, -0.2) is 0 Å². The SMILES string of the molecule is CC(/C=C\CB1OC(C)(C)C(C)(C)O1)/C=C/C(N)=O. The fourth-order valence-electron chi connectivity index (χ4n) is 1.78. The molecule has 0 saturated carbocycles. The maximum Gasteiger partial charge on any atom is 0.461 e. The third-order valence-corrected chi connectivity index (χ3v) is 3.63. The third kappa shape index (κ3) is 4.51. The molecule has 19 heavy (non-hydrogen) atoms. The topological polar surface area (TPSA) is 61.6 Å². The van der Waals surface area contributed by atoms with Gasteiger partial charge in [-0.3, -0.25) is 4.79 Å². The summed E-state index contributed by atoms with van der Waals surface area (Å²) in [6.45, 7) is 10.1. The van der Waals surface area contributed by atoms with Gasteiger partial charge < -0.3 is 15.0 Å². The molecule has 0 aromatic rings. The summed E-state index contributed by atoms with van der Waals surface area (Å²) in [6, 6.07) is 0. The second-order valence-corrected chi connectivity index (χ2v) is 5.97. The zero-order valence-electron chi connectivity index (χ0n) is 12.5. The van der Waals surface area contributed by atoms with Gasteiger partial charge >= 0.3 is 7.12 Å².